The van der Waals surface area contributed by atoms with E-state index >= 15 is 0 Å². The Bertz CT molecular complexity index is 1540. The molecule has 1 fully saturated rings. The predicted molar refractivity (Wildman–Crippen MR) is 186 cm³/mol. The second-order valence-electron chi connectivity index (χ2n) is 12.6. The van der Waals surface area contributed by atoms with Gasteiger partial charge in [-0.3, -0.25) is 9.59 Å². The molecule has 1 aliphatic rings. The van der Waals surface area contributed by atoms with Gasteiger partial charge in [0, 0.05) is 36.5 Å². The van der Waals surface area contributed by atoms with E-state index in [-0.39, 0.29) is 60.6 Å². The van der Waals surface area contributed by atoms with Crippen LogP contribution in [0.25, 0.3) is 0 Å². The minimum Gasteiger partial charge on any atom is -0.507 e. The van der Waals surface area contributed by atoms with Gasteiger partial charge < -0.3 is 39.4 Å². The standard InChI is InChI=1S/C40H44O10/c41-31(25-49-33-15-17-35(37(43)19-33)39(45)29-7-3-1-4-8-29)23-47-21-27-11-13-28(14-12-27)22-48-24-32(42)26-50-34-16-18-36(38(44)20-34)40(46)30-9-5-2-6-10-30/h1-10,15-20,27-28,31-32,41-44H,11-14,21-26H2. The molecular formula is C40H44O10. The number of hydrogen-bond donors (Lipinski definition) is 4. The summed E-state index contributed by atoms with van der Waals surface area (Å²) in [5.41, 5.74) is 1.31. The van der Waals surface area contributed by atoms with Crippen LogP contribution in [-0.4, -0.2) is 83.8 Å². The first-order valence-corrected chi connectivity index (χ1v) is 16.9. The topological polar surface area (TPSA) is 152 Å². The number of benzene rings is 4. The number of phenolic OH excluding ortho intramolecular Hbond substituents is 2. The van der Waals surface area contributed by atoms with E-state index in [1.807, 2.05) is 12.1 Å². The Morgan fingerprint density at radius 2 is 0.940 bits per heavy atom. The molecule has 1 aliphatic carbocycles. The summed E-state index contributed by atoms with van der Waals surface area (Å²) in [7, 11) is 0. The van der Waals surface area contributed by atoms with E-state index in [0.717, 1.165) is 25.7 Å². The van der Waals surface area contributed by atoms with Crippen LogP contribution >= 0.6 is 0 Å². The number of hydrogen-bond acceptors (Lipinski definition) is 10. The molecule has 0 amide bonds. The minimum absolute atomic E-state index is 0.0170. The van der Waals surface area contributed by atoms with E-state index in [2.05, 4.69) is 0 Å². The first kappa shape index (κ1) is 36.5. The number of rotatable bonds is 18. The van der Waals surface area contributed by atoms with Crippen LogP contribution in [0, 0.1) is 11.8 Å². The normalized spacial score (nSPS) is 17.1. The number of aliphatic hydroxyl groups excluding tert-OH is 2. The number of ketones is 2. The van der Waals surface area contributed by atoms with Crippen molar-refractivity contribution < 1.29 is 49.0 Å². The maximum Gasteiger partial charge on any atom is 0.196 e. The van der Waals surface area contributed by atoms with Crippen molar-refractivity contribution in [2.24, 2.45) is 11.8 Å². The fourth-order valence-corrected chi connectivity index (χ4v) is 5.86. The van der Waals surface area contributed by atoms with Gasteiger partial charge in [0.05, 0.1) is 24.3 Å². The SMILES string of the molecule is O=C(c1ccccc1)c1ccc(OCC(O)COCC2CCC(COCC(O)COc3ccc(C(=O)c4ccccc4)c(O)c3)CC2)cc1O. The molecule has 0 radical (unpaired) electrons. The van der Waals surface area contributed by atoms with Gasteiger partial charge in [-0.25, -0.2) is 0 Å². The van der Waals surface area contributed by atoms with Gasteiger partial charge in [-0.1, -0.05) is 60.7 Å². The lowest BCUT2D eigenvalue weighted by molar-refractivity contribution is -0.0182. The van der Waals surface area contributed by atoms with Gasteiger partial charge in [0.2, 0.25) is 0 Å². The van der Waals surface area contributed by atoms with Crippen LogP contribution in [0.4, 0.5) is 0 Å². The second-order valence-corrected chi connectivity index (χ2v) is 12.6. The molecule has 4 N–H and O–H groups in total. The lowest BCUT2D eigenvalue weighted by atomic mass is 9.83. The van der Waals surface area contributed by atoms with E-state index in [1.54, 1.807) is 60.7 Å². The van der Waals surface area contributed by atoms with Gasteiger partial charge >= 0.3 is 0 Å². The Hall–Kier alpha value is -4.74. The first-order valence-electron chi connectivity index (χ1n) is 16.9. The van der Waals surface area contributed by atoms with Crippen LogP contribution in [0.1, 0.15) is 57.5 Å². The summed E-state index contributed by atoms with van der Waals surface area (Å²) in [6, 6.07) is 26.3. The van der Waals surface area contributed by atoms with E-state index in [9.17, 15) is 30.0 Å². The molecule has 0 spiro atoms. The molecule has 4 aromatic rings. The van der Waals surface area contributed by atoms with Crippen molar-refractivity contribution in [3.8, 4) is 23.0 Å². The molecule has 264 valence electrons. The van der Waals surface area contributed by atoms with Crippen LogP contribution in [0.3, 0.4) is 0 Å². The van der Waals surface area contributed by atoms with Crippen molar-refractivity contribution in [2.45, 2.75) is 37.9 Å². The van der Waals surface area contributed by atoms with Gasteiger partial charge in [-0.2, -0.15) is 0 Å². The second kappa shape index (κ2) is 18.3. The Balaban J connectivity index is 0.914. The Labute approximate surface area is 291 Å². The van der Waals surface area contributed by atoms with Gasteiger partial charge in [-0.05, 0) is 61.8 Å². The maximum atomic E-state index is 12.6. The number of ether oxygens (including phenoxy) is 4. The van der Waals surface area contributed by atoms with Crippen molar-refractivity contribution in [1.82, 2.24) is 0 Å². The van der Waals surface area contributed by atoms with Crippen molar-refractivity contribution in [2.75, 3.05) is 39.6 Å². The zero-order chi connectivity index (χ0) is 35.3. The maximum absolute atomic E-state index is 12.6. The van der Waals surface area contributed by atoms with Crippen molar-refractivity contribution in [3.63, 3.8) is 0 Å². The molecule has 4 aromatic carbocycles. The third kappa shape index (κ3) is 10.6. The quantitative estimate of drug-likeness (QED) is 0.0978. The molecule has 5 rings (SSSR count). The molecule has 0 aliphatic heterocycles. The summed E-state index contributed by atoms with van der Waals surface area (Å²) in [4.78, 5) is 25.2. The molecule has 0 saturated heterocycles. The molecule has 0 bridgehead atoms. The minimum atomic E-state index is -0.850. The third-order valence-corrected chi connectivity index (χ3v) is 8.68. The number of carbonyl (C=O) groups is 2. The molecule has 2 unspecified atom stereocenters. The summed E-state index contributed by atoms with van der Waals surface area (Å²) in [6.07, 6.45) is 2.21. The monoisotopic (exact) mass is 684 g/mol. The van der Waals surface area contributed by atoms with Crippen LogP contribution in [0.2, 0.25) is 0 Å². The zero-order valence-electron chi connectivity index (χ0n) is 27.9. The summed E-state index contributed by atoms with van der Waals surface area (Å²) in [5, 5.41) is 41.4. The van der Waals surface area contributed by atoms with E-state index in [4.69, 9.17) is 18.9 Å². The summed E-state index contributed by atoms with van der Waals surface area (Å²) in [5.74, 6) is 0.509. The Morgan fingerprint density at radius 3 is 1.30 bits per heavy atom. The highest BCUT2D eigenvalue weighted by molar-refractivity contribution is 6.11. The molecule has 50 heavy (non-hydrogen) atoms. The van der Waals surface area contributed by atoms with Crippen LogP contribution in [-0.2, 0) is 9.47 Å². The number of phenols is 2. The largest absolute Gasteiger partial charge is 0.507 e. The Kier molecular flexibility index (Phi) is 13.4. The first-order chi connectivity index (χ1) is 24.3. The predicted octanol–water partition coefficient (Wildman–Crippen LogP) is 5.58. The molecule has 0 heterocycles. The van der Waals surface area contributed by atoms with Gasteiger partial charge in [0.1, 0.15) is 48.4 Å². The molecule has 2 atom stereocenters. The number of aromatic hydroxyl groups is 2. The van der Waals surface area contributed by atoms with Crippen molar-refractivity contribution >= 4 is 11.6 Å². The van der Waals surface area contributed by atoms with E-state index in [0.29, 0.717) is 47.7 Å². The lowest BCUT2D eigenvalue weighted by Gasteiger charge is -2.28. The van der Waals surface area contributed by atoms with E-state index < -0.39 is 12.2 Å². The summed E-state index contributed by atoms with van der Waals surface area (Å²) < 4.78 is 22.8. The molecule has 10 nitrogen and oxygen atoms in total. The van der Waals surface area contributed by atoms with Crippen LogP contribution in [0.15, 0.2) is 97.1 Å². The van der Waals surface area contributed by atoms with Gasteiger partial charge in [-0.15, -0.1) is 0 Å². The smallest absolute Gasteiger partial charge is 0.196 e. The highest BCUT2D eigenvalue weighted by Crippen LogP contribution is 2.30. The number of carbonyl (C=O) groups excluding carboxylic acids is 2. The molecule has 1 saturated carbocycles. The van der Waals surface area contributed by atoms with Crippen molar-refractivity contribution in [3.05, 3.63) is 119 Å². The van der Waals surface area contributed by atoms with Crippen molar-refractivity contribution in [1.29, 1.82) is 0 Å². The number of aliphatic hydroxyl groups is 2. The van der Waals surface area contributed by atoms with Crippen LogP contribution < -0.4 is 9.47 Å². The highest BCUT2D eigenvalue weighted by Gasteiger charge is 2.23. The van der Waals surface area contributed by atoms with Gasteiger partial charge in [0.25, 0.3) is 0 Å². The molecule has 0 aromatic heterocycles. The molecular weight excluding hydrogens is 640 g/mol. The average molecular weight is 685 g/mol. The third-order valence-electron chi connectivity index (χ3n) is 8.68. The highest BCUT2D eigenvalue weighted by atomic mass is 16.5. The average Bonchev–Trinajstić information content (AvgIpc) is 3.14. The molecule has 10 heteroatoms. The summed E-state index contributed by atoms with van der Waals surface area (Å²) in [6.45, 7) is 1.28. The fraction of sp³-hybridized carbons (Fsp3) is 0.350. The fourth-order valence-electron chi connectivity index (χ4n) is 5.86. The Morgan fingerprint density at radius 1 is 0.560 bits per heavy atom. The zero-order valence-corrected chi connectivity index (χ0v) is 27.9. The lowest BCUT2D eigenvalue weighted by Crippen LogP contribution is -2.28. The summed E-state index contributed by atoms with van der Waals surface area (Å²) >= 11 is 0. The van der Waals surface area contributed by atoms with Crippen LogP contribution in [0.5, 0.6) is 23.0 Å². The van der Waals surface area contributed by atoms with Gasteiger partial charge in [0.15, 0.2) is 11.6 Å². The van der Waals surface area contributed by atoms with E-state index in [1.165, 1.54) is 24.3 Å².